The quantitative estimate of drug-likeness (QED) is 0.705. The van der Waals surface area contributed by atoms with Crippen LogP contribution in [0, 0.1) is 6.92 Å². The lowest BCUT2D eigenvalue weighted by Gasteiger charge is -2.04. The lowest BCUT2D eigenvalue weighted by molar-refractivity contribution is 0.602. The van der Waals surface area contributed by atoms with Gasteiger partial charge < -0.3 is 4.98 Å². The second kappa shape index (κ2) is 4.65. The second-order valence-corrected chi connectivity index (χ2v) is 7.25. The van der Waals surface area contributed by atoms with E-state index in [1.807, 2.05) is 0 Å². The summed E-state index contributed by atoms with van der Waals surface area (Å²) in [5.41, 5.74) is 0.728. The third kappa shape index (κ3) is 2.32. The predicted octanol–water partition coefficient (Wildman–Crippen LogP) is 1.57. The third-order valence-corrected chi connectivity index (χ3v) is 5.31. The zero-order chi connectivity index (χ0) is 14.3. The first-order valence-electron chi connectivity index (χ1n) is 5.27. The number of anilines is 1. The summed E-state index contributed by atoms with van der Waals surface area (Å²) >= 11 is 6.97. The fourth-order valence-corrected chi connectivity index (χ4v) is 3.75. The third-order valence-electron chi connectivity index (χ3n) is 2.33. The van der Waals surface area contributed by atoms with Crippen molar-refractivity contribution in [2.75, 3.05) is 4.72 Å². The summed E-state index contributed by atoms with van der Waals surface area (Å²) < 4.78 is 26.6. The van der Waals surface area contributed by atoms with Crippen LogP contribution in [0.4, 0.5) is 5.95 Å². The Bertz CT molecular complexity index is 887. The average Bonchev–Trinajstić information content (AvgIpc) is 2.97. The lowest BCUT2D eigenvalue weighted by atomic mass is 10.6. The molecule has 8 nitrogen and oxygen atoms in total. The first kappa shape index (κ1) is 13.2. The largest absolute Gasteiger partial charge is 0.341 e. The number of fused-ring (bicyclic) bond motifs is 1. The first-order chi connectivity index (χ1) is 9.45. The van der Waals surface area contributed by atoms with Gasteiger partial charge in [0, 0.05) is 0 Å². The SMILES string of the molecule is Cc1ncc(S(=O)(=O)Nc2nc(Cl)c3[nH]cnc3n2)s1. The van der Waals surface area contributed by atoms with Crippen molar-refractivity contribution in [1.82, 2.24) is 24.9 Å². The molecule has 20 heavy (non-hydrogen) atoms. The number of aryl methyl sites for hydroxylation is 1. The van der Waals surface area contributed by atoms with Crippen molar-refractivity contribution < 1.29 is 8.42 Å². The van der Waals surface area contributed by atoms with Gasteiger partial charge in [0.05, 0.1) is 17.5 Å². The molecule has 0 unspecified atom stereocenters. The van der Waals surface area contributed by atoms with Crippen LogP contribution >= 0.6 is 22.9 Å². The number of aromatic amines is 1. The number of nitrogens with one attached hydrogen (secondary N) is 2. The lowest BCUT2D eigenvalue weighted by Crippen LogP contribution is -2.14. The van der Waals surface area contributed by atoms with Crippen molar-refractivity contribution in [1.29, 1.82) is 0 Å². The Labute approximate surface area is 122 Å². The van der Waals surface area contributed by atoms with Gasteiger partial charge in [0.15, 0.2) is 15.0 Å². The number of sulfonamides is 1. The van der Waals surface area contributed by atoms with E-state index >= 15 is 0 Å². The Morgan fingerprint density at radius 3 is 2.85 bits per heavy atom. The zero-order valence-electron chi connectivity index (χ0n) is 9.95. The molecule has 0 radical (unpaired) electrons. The van der Waals surface area contributed by atoms with Crippen molar-refractivity contribution in [2.24, 2.45) is 0 Å². The van der Waals surface area contributed by atoms with E-state index in [1.165, 1.54) is 12.5 Å². The molecule has 3 aromatic heterocycles. The maximum Gasteiger partial charge on any atom is 0.275 e. The molecule has 0 saturated carbocycles. The summed E-state index contributed by atoms with van der Waals surface area (Å²) in [6, 6.07) is 0. The molecule has 3 aromatic rings. The normalized spacial score (nSPS) is 11.9. The van der Waals surface area contributed by atoms with E-state index < -0.39 is 10.0 Å². The van der Waals surface area contributed by atoms with E-state index in [2.05, 4.69) is 29.6 Å². The van der Waals surface area contributed by atoms with Gasteiger partial charge in [-0.1, -0.05) is 11.6 Å². The topological polar surface area (TPSA) is 114 Å². The Kier molecular flexibility index (Phi) is 3.07. The highest BCUT2D eigenvalue weighted by atomic mass is 35.5. The highest BCUT2D eigenvalue weighted by Crippen LogP contribution is 2.22. The molecule has 11 heteroatoms. The number of hydrogen-bond acceptors (Lipinski definition) is 7. The van der Waals surface area contributed by atoms with E-state index in [0.29, 0.717) is 10.5 Å². The van der Waals surface area contributed by atoms with Gasteiger partial charge in [0.1, 0.15) is 5.52 Å². The molecule has 0 bridgehead atoms. The molecule has 0 saturated heterocycles. The average molecular weight is 331 g/mol. The molecule has 0 amide bonds. The molecule has 0 aliphatic carbocycles. The number of H-pyrrole nitrogens is 1. The van der Waals surface area contributed by atoms with Crippen LogP contribution < -0.4 is 4.72 Å². The van der Waals surface area contributed by atoms with Crippen molar-refractivity contribution >= 4 is 50.1 Å². The number of rotatable bonds is 3. The summed E-state index contributed by atoms with van der Waals surface area (Å²) in [6.45, 7) is 1.72. The van der Waals surface area contributed by atoms with Gasteiger partial charge in [0.2, 0.25) is 5.95 Å². The van der Waals surface area contributed by atoms with E-state index in [4.69, 9.17) is 11.6 Å². The number of thiazole rings is 1. The number of imidazole rings is 1. The minimum atomic E-state index is -3.78. The first-order valence-corrected chi connectivity index (χ1v) is 7.95. The number of aromatic nitrogens is 5. The van der Waals surface area contributed by atoms with Gasteiger partial charge in [-0.05, 0) is 6.92 Å². The molecular formula is C9H7ClN6O2S2. The van der Waals surface area contributed by atoms with E-state index in [9.17, 15) is 8.42 Å². The summed E-state index contributed by atoms with van der Waals surface area (Å²) in [5, 5.41) is 0.734. The van der Waals surface area contributed by atoms with Crippen LogP contribution in [-0.4, -0.2) is 33.3 Å². The van der Waals surface area contributed by atoms with Crippen LogP contribution in [0.2, 0.25) is 5.15 Å². The van der Waals surface area contributed by atoms with Gasteiger partial charge in [-0.15, -0.1) is 11.3 Å². The molecule has 104 valence electrons. The van der Waals surface area contributed by atoms with Crippen molar-refractivity contribution in [3.8, 4) is 0 Å². The van der Waals surface area contributed by atoms with Crippen molar-refractivity contribution in [3.63, 3.8) is 0 Å². The molecule has 0 aromatic carbocycles. The highest BCUT2D eigenvalue weighted by Gasteiger charge is 2.19. The van der Waals surface area contributed by atoms with Gasteiger partial charge in [-0.25, -0.2) is 23.1 Å². The van der Waals surface area contributed by atoms with E-state index in [0.717, 1.165) is 11.3 Å². The Hall–Kier alpha value is -1.78. The molecular weight excluding hydrogens is 324 g/mol. The molecule has 3 heterocycles. The Morgan fingerprint density at radius 2 is 2.15 bits per heavy atom. The van der Waals surface area contributed by atoms with Gasteiger partial charge in [-0.3, -0.25) is 0 Å². The summed E-state index contributed by atoms with van der Waals surface area (Å²) in [6.07, 6.45) is 2.67. The minimum Gasteiger partial charge on any atom is -0.341 e. The predicted molar refractivity (Wildman–Crippen MR) is 74.4 cm³/mol. The molecule has 0 atom stereocenters. The van der Waals surface area contributed by atoms with Gasteiger partial charge in [0.25, 0.3) is 10.0 Å². The summed E-state index contributed by atoms with van der Waals surface area (Å²) in [4.78, 5) is 18.4. The van der Waals surface area contributed by atoms with Gasteiger partial charge in [-0.2, -0.15) is 9.97 Å². The molecule has 3 rings (SSSR count). The number of hydrogen-bond donors (Lipinski definition) is 2. The Balaban J connectivity index is 2.00. The fourth-order valence-electron chi connectivity index (χ4n) is 1.48. The van der Waals surface area contributed by atoms with Crippen LogP contribution in [0.15, 0.2) is 16.7 Å². The number of halogens is 1. The highest BCUT2D eigenvalue weighted by molar-refractivity contribution is 7.94. The molecule has 0 aliphatic heterocycles. The van der Waals surface area contributed by atoms with Crippen LogP contribution in [0.3, 0.4) is 0 Å². The second-order valence-electron chi connectivity index (χ2n) is 3.74. The molecule has 0 fully saturated rings. The van der Waals surface area contributed by atoms with Crippen molar-refractivity contribution in [3.05, 3.63) is 22.7 Å². The fraction of sp³-hybridized carbons (Fsp3) is 0.111. The maximum atomic E-state index is 12.1. The zero-order valence-corrected chi connectivity index (χ0v) is 12.3. The standard InChI is InChI=1S/C9H7ClN6O2S2/c1-4-11-2-5(19-4)20(17,18)16-9-14-7(10)6-8(15-9)13-3-12-6/h2-3H,1H3,(H2,12,13,14,15,16). The minimum absolute atomic E-state index is 0.0804. The number of nitrogens with zero attached hydrogens (tertiary/aromatic N) is 4. The molecule has 0 aliphatic rings. The monoisotopic (exact) mass is 330 g/mol. The van der Waals surface area contributed by atoms with Crippen LogP contribution in [0.1, 0.15) is 5.01 Å². The maximum absolute atomic E-state index is 12.1. The smallest absolute Gasteiger partial charge is 0.275 e. The van der Waals surface area contributed by atoms with Crippen molar-refractivity contribution in [2.45, 2.75) is 11.1 Å². The van der Waals surface area contributed by atoms with Crippen LogP contribution in [0.25, 0.3) is 11.2 Å². The van der Waals surface area contributed by atoms with Crippen LogP contribution in [-0.2, 0) is 10.0 Å². The van der Waals surface area contributed by atoms with Crippen LogP contribution in [0.5, 0.6) is 0 Å². The molecule has 0 spiro atoms. The summed E-state index contributed by atoms with van der Waals surface area (Å²) in [5.74, 6) is -0.138. The van der Waals surface area contributed by atoms with Gasteiger partial charge >= 0.3 is 0 Å². The van der Waals surface area contributed by atoms with E-state index in [-0.39, 0.29) is 21.0 Å². The summed E-state index contributed by atoms with van der Waals surface area (Å²) in [7, 11) is -3.78. The Morgan fingerprint density at radius 1 is 1.35 bits per heavy atom. The van der Waals surface area contributed by atoms with E-state index in [1.54, 1.807) is 6.92 Å². The molecule has 2 N–H and O–H groups in total.